The summed E-state index contributed by atoms with van der Waals surface area (Å²) in [5.74, 6) is 0.589. The molecule has 0 aliphatic heterocycles. The van der Waals surface area contributed by atoms with Crippen LogP contribution >= 0.6 is 11.6 Å². The minimum absolute atomic E-state index is 0.109. The van der Waals surface area contributed by atoms with Gasteiger partial charge in [0.2, 0.25) is 0 Å². The first kappa shape index (κ1) is 14.7. The van der Waals surface area contributed by atoms with E-state index in [1.54, 1.807) is 18.2 Å². The molecule has 0 aromatic heterocycles. The highest BCUT2D eigenvalue weighted by Crippen LogP contribution is 2.65. The monoisotopic (exact) mass is 306 g/mol. The van der Waals surface area contributed by atoms with Crippen LogP contribution in [0.5, 0.6) is 0 Å². The summed E-state index contributed by atoms with van der Waals surface area (Å²) in [5.41, 5.74) is 7.15. The zero-order valence-electron chi connectivity index (χ0n) is 12.9. The fourth-order valence-corrected chi connectivity index (χ4v) is 4.60. The second kappa shape index (κ2) is 4.64. The van der Waals surface area contributed by atoms with Crippen LogP contribution in [-0.4, -0.2) is 11.9 Å². The van der Waals surface area contributed by atoms with Gasteiger partial charge in [-0.05, 0) is 48.1 Å². The molecule has 0 radical (unpaired) electrons. The number of hydrogen-bond acceptors (Lipinski definition) is 2. The first-order valence-corrected chi connectivity index (χ1v) is 8.00. The summed E-state index contributed by atoms with van der Waals surface area (Å²) in [6.45, 7) is 6.99. The first-order chi connectivity index (χ1) is 9.77. The molecule has 2 fully saturated rings. The number of amides is 1. The van der Waals surface area contributed by atoms with Gasteiger partial charge in [-0.2, -0.15) is 0 Å². The van der Waals surface area contributed by atoms with E-state index >= 15 is 0 Å². The molecule has 1 aromatic carbocycles. The Morgan fingerprint density at radius 3 is 2.67 bits per heavy atom. The molecule has 114 valence electrons. The highest BCUT2D eigenvalue weighted by molar-refractivity contribution is 6.36. The van der Waals surface area contributed by atoms with Gasteiger partial charge in [0.15, 0.2) is 0 Å². The van der Waals surface area contributed by atoms with Gasteiger partial charge in [0.05, 0.1) is 16.3 Å². The van der Waals surface area contributed by atoms with Gasteiger partial charge in [-0.1, -0.05) is 38.4 Å². The molecule has 4 heteroatoms. The summed E-state index contributed by atoms with van der Waals surface area (Å²) >= 11 is 6.16. The maximum absolute atomic E-state index is 12.6. The van der Waals surface area contributed by atoms with Crippen LogP contribution < -0.4 is 11.1 Å². The van der Waals surface area contributed by atoms with Gasteiger partial charge >= 0.3 is 0 Å². The number of carbonyl (C=O) groups is 1. The standard InChI is InChI=1S/C17H23ClN2O/c1-16(2)10-7-8-17(16,3)13(9-10)20-15(21)11-5-4-6-12(19)14(11)18/h4-6,10,13H,7-9,19H2,1-3H3,(H,20,21). The van der Waals surface area contributed by atoms with E-state index in [9.17, 15) is 4.79 Å². The molecule has 0 saturated heterocycles. The maximum atomic E-state index is 12.6. The van der Waals surface area contributed by atoms with E-state index in [4.69, 9.17) is 17.3 Å². The number of hydrogen-bond donors (Lipinski definition) is 2. The SMILES string of the molecule is CC1(C)C2CCC1(C)C(NC(=O)c1cccc(N)c1Cl)C2. The van der Waals surface area contributed by atoms with Crippen LogP contribution in [0.2, 0.25) is 5.02 Å². The Labute approximate surface area is 131 Å². The molecule has 2 saturated carbocycles. The van der Waals surface area contributed by atoms with Crippen LogP contribution in [0.4, 0.5) is 5.69 Å². The fraction of sp³-hybridized carbons (Fsp3) is 0.588. The average molecular weight is 307 g/mol. The summed E-state index contributed by atoms with van der Waals surface area (Å²) in [6, 6.07) is 5.43. The minimum Gasteiger partial charge on any atom is -0.398 e. The smallest absolute Gasteiger partial charge is 0.253 e. The molecule has 3 atom stereocenters. The highest BCUT2D eigenvalue weighted by Gasteiger charge is 2.61. The van der Waals surface area contributed by atoms with E-state index in [2.05, 4.69) is 26.1 Å². The number of nitrogen functional groups attached to an aromatic ring is 1. The number of nitrogens with two attached hydrogens (primary N) is 1. The molecule has 3 N–H and O–H groups in total. The van der Waals surface area contributed by atoms with E-state index < -0.39 is 0 Å². The third kappa shape index (κ3) is 1.97. The molecule has 21 heavy (non-hydrogen) atoms. The predicted molar refractivity (Wildman–Crippen MR) is 86.3 cm³/mol. The summed E-state index contributed by atoms with van der Waals surface area (Å²) < 4.78 is 0. The predicted octanol–water partition coefficient (Wildman–Crippen LogP) is 3.87. The van der Waals surface area contributed by atoms with Crippen LogP contribution in [0, 0.1) is 16.7 Å². The quantitative estimate of drug-likeness (QED) is 0.815. The molecule has 3 rings (SSSR count). The Kier molecular flexibility index (Phi) is 3.25. The van der Waals surface area contributed by atoms with Crippen molar-refractivity contribution in [3.8, 4) is 0 Å². The molecule has 3 unspecified atom stereocenters. The lowest BCUT2D eigenvalue weighted by molar-refractivity contribution is 0.0826. The lowest BCUT2D eigenvalue weighted by Crippen LogP contribution is -2.46. The number of fused-ring (bicyclic) bond motifs is 2. The Bertz CT molecular complexity index is 598. The zero-order valence-corrected chi connectivity index (χ0v) is 13.6. The maximum Gasteiger partial charge on any atom is 0.253 e. The molecule has 0 spiro atoms. The second-order valence-corrected chi connectivity index (χ2v) is 7.72. The topological polar surface area (TPSA) is 55.1 Å². The summed E-state index contributed by atoms with van der Waals surface area (Å²) in [5, 5.41) is 3.56. The number of carbonyl (C=O) groups excluding carboxylic acids is 1. The van der Waals surface area contributed by atoms with Crippen molar-refractivity contribution < 1.29 is 4.79 Å². The van der Waals surface area contributed by atoms with Gasteiger partial charge in [-0.3, -0.25) is 4.79 Å². The zero-order chi connectivity index (χ0) is 15.4. The van der Waals surface area contributed by atoms with Gasteiger partial charge in [-0.25, -0.2) is 0 Å². The largest absolute Gasteiger partial charge is 0.398 e. The van der Waals surface area contributed by atoms with Gasteiger partial charge in [0.25, 0.3) is 5.91 Å². The van der Waals surface area contributed by atoms with Crippen LogP contribution in [0.1, 0.15) is 50.4 Å². The minimum atomic E-state index is -0.109. The van der Waals surface area contributed by atoms with E-state index in [1.165, 1.54) is 12.8 Å². The molecule has 1 aromatic rings. The number of nitrogens with one attached hydrogen (secondary N) is 1. The summed E-state index contributed by atoms with van der Waals surface area (Å²) in [6.07, 6.45) is 3.52. The molecule has 2 aliphatic rings. The highest BCUT2D eigenvalue weighted by atomic mass is 35.5. The summed E-state index contributed by atoms with van der Waals surface area (Å²) in [4.78, 5) is 12.6. The van der Waals surface area contributed by atoms with Gasteiger partial charge in [0, 0.05) is 6.04 Å². The van der Waals surface area contributed by atoms with Crippen LogP contribution in [0.15, 0.2) is 18.2 Å². The number of anilines is 1. The van der Waals surface area contributed by atoms with Crippen molar-refractivity contribution in [1.29, 1.82) is 0 Å². The fourth-order valence-electron chi connectivity index (χ4n) is 4.38. The van der Waals surface area contributed by atoms with Crippen LogP contribution in [0.3, 0.4) is 0 Å². The molecule has 3 nitrogen and oxygen atoms in total. The summed E-state index contributed by atoms with van der Waals surface area (Å²) in [7, 11) is 0. The molecule has 1 amide bonds. The number of rotatable bonds is 2. The Morgan fingerprint density at radius 1 is 1.38 bits per heavy atom. The third-order valence-electron chi connectivity index (χ3n) is 6.37. The normalized spacial score (nSPS) is 33.1. The van der Waals surface area contributed by atoms with Crippen molar-refractivity contribution in [3.63, 3.8) is 0 Å². The lowest BCUT2D eigenvalue weighted by atomic mass is 9.69. The van der Waals surface area contributed by atoms with Crippen molar-refractivity contribution in [3.05, 3.63) is 28.8 Å². The third-order valence-corrected chi connectivity index (χ3v) is 6.79. The van der Waals surface area contributed by atoms with Crippen molar-refractivity contribution in [1.82, 2.24) is 5.32 Å². The van der Waals surface area contributed by atoms with Gasteiger partial charge in [-0.15, -0.1) is 0 Å². The number of halogens is 1. The van der Waals surface area contributed by atoms with Crippen LogP contribution in [-0.2, 0) is 0 Å². The van der Waals surface area contributed by atoms with E-state index in [0.29, 0.717) is 22.2 Å². The lowest BCUT2D eigenvalue weighted by Gasteiger charge is -2.39. The molecule has 2 aliphatic carbocycles. The second-order valence-electron chi connectivity index (χ2n) is 7.35. The Morgan fingerprint density at radius 2 is 2.10 bits per heavy atom. The van der Waals surface area contributed by atoms with E-state index in [-0.39, 0.29) is 22.8 Å². The van der Waals surface area contributed by atoms with E-state index in [0.717, 1.165) is 6.42 Å². The number of benzene rings is 1. The van der Waals surface area contributed by atoms with Crippen molar-refractivity contribution in [2.24, 2.45) is 16.7 Å². The van der Waals surface area contributed by atoms with Crippen molar-refractivity contribution in [2.45, 2.75) is 46.1 Å². The molecular formula is C17H23ClN2O. The molecule has 2 bridgehead atoms. The molecular weight excluding hydrogens is 284 g/mol. The van der Waals surface area contributed by atoms with E-state index in [1.807, 2.05) is 0 Å². The van der Waals surface area contributed by atoms with Gasteiger partial charge in [0.1, 0.15) is 0 Å². The first-order valence-electron chi connectivity index (χ1n) is 7.62. The van der Waals surface area contributed by atoms with Crippen molar-refractivity contribution in [2.75, 3.05) is 5.73 Å². The van der Waals surface area contributed by atoms with Gasteiger partial charge < -0.3 is 11.1 Å². The Balaban J connectivity index is 1.82. The van der Waals surface area contributed by atoms with Crippen LogP contribution in [0.25, 0.3) is 0 Å². The van der Waals surface area contributed by atoms with Crippen molar-refractivity contribution >= 4 is 23.2 Å². The molecule has 0 heterocycles. The average Bonchev–Trinajstić information content (AvgIpc) is 2.75. The Hall–Kier alpha value is -1.22.